The number of esters is 1. The van der Waals surface area contributed by atoms with Gasteiger partial charge in [0.1, 0.15) is 17.8 Å². The third-order valence-corrected chi connectivity index (χ3v) is 4.19. The molecule has 0 saturated heterocycles. The maximum absolute atomic E-state index is 12.1. The van der Waals surface area contributed by atoms with Gasteiger partial charge < -0.3 is 25.4 Å². The fraction of sp³-hybridized carbons (Fsp3) is 0.600. The topological polar surface area (TPSA) is 230 Å². The molecule has 14 heteroatoms. The summed E-state index contributed by atoms with van der Waals surface area (Å²) in [4.78, 5) is 52.8. The maximum atomic E-state index is 12.1. The van der Waals surface area contributed by atoms with Gasteiger partial charge in [-0.1, -0.05) is 12.1 Å². The molecule has 1 aromatic rings. The van der Waals surface area contributed by atoms with Crippen LogP contribution in [0.25, 0.3) is 0 Å². The fourth-order valence-electron chi connectivity index (χ4n) is 2.86. The van der Waals surface area contributed by atoms with Crippen LogP contribution >= 0.6 is 0 Å². The van der Waals surface area contributed by atoms with E-state index in [0.29, 0.717) is 30.7 Å². The van der Waals surface area contributed by atoms with Gasteiger partial charge in [0.15, 0.2) is 0 Å². The van der Waals surface area contributed by atoms with Crippen molar-refractivity contribution in [1.29, 1.82) is 0 Å². The molecule has 0 radical (unpaired) electrons. The summed E-state index contributed by atoms with van der Waals surface area (Å²) in [5, 5.41) is 0. The number of rotatable bonds is 10. The highest BCUT2D eigenvalue weighted by Gasteiger charge is 2.34. The van der Waals surface area contributed by atoms with E-state index >= 15 is 0 Å². The number of benzene rings is 1. The Hall–Kier alpha value is -3.14. The first kappa shape index (κ1) is 38.0. The number of fused-ring (bicyclic) bond motifs is 1. The molecule has 0 saturated carbocycles. The van der Waals surface area contributed by atoms with E-state index in [9.17, 15) is 19.2 Å². The molecule has 0 aromatic heterocycles. The number of nitrogens with zero attached hydrogens (tertiary/aromatic N) is 1. The number of nitrogens with two attached hydrogens (primary N) is 3. The minimum absolute atomic E-state index is 0. The number of hydrogen-bond acceptors (Lipinski definition) is 11. The molecule has 3 amide bonds. The van der Waals surface area contributed by atoms with Crippen LogP contribution in [-0.4, -0.2) is 78.4 Å². The van der Waals surface area contributed by atoms with Crippen molar-refractivity contribution in [3.8, 4) is 0 Å². The molecule has 0 bridgehead atoms. The summed E-state index contributed by atoms with van der Waals surface area (Å²) in [7, 11) is 0. The van der Waals surface area contributed by atoms with E-state index in [2.05, 4.69) is 17.2 Å². The third-order valence-electron chi connectivity index (χ3n) is 4.19. The van der Waals surface area contributed by atoms with Gasteiger partial charge in [-0.2, -0.15) is 5.48 Å². The number of ether oxygens (including phenoxy) is 3. The molecule has 1 aromatic carbocycles. The molecule has 0 fully saturated rings. The van der Waals surface area contributed by atoms with E-state index in [0.717, 1.165) is 6.42 Å². The number of amides is 3. The van der Waals surface area contributed by atoms with Crippen molar-refractivity contribution in [3.63, 3.8) is 0 Å². The van der Waals surface area contributed by atoms with Gasteiger partial charge >= 0.3 is 12.1 Å². The smallest absolute Gasteiger partial charge is 0.431 e. The number of carbonyl (C=O) groups excluding carboxylic acids is 4. The van der Waals surface area contributed by atoms with Crippen molar-refractivity contribution in [2.45, 2.75) is 65.6 Å². The molecule has 1 aliphatic rings. The summed E-state index contributed by atoms with van der Waals surface area (Å²) < 4.78 is 15.1. The van der Waals surface area contributed by atoms with Crippen molar-refractivity contribution in [3.05, 3.63) is 35.4 Å². The van der Waals surface area contributed by atoms with Gasteiger partial charge in [0.2, 0.25) is 0 Å². The molecule has 0 atom stereocenters. The highest BCUT2D eigenvalue weighted by Crippen LogP contribution is 2.22. The van der Waals surface area contributed by atoms with E-state index in [1.807, 2.05) is 20.8 Å². The summed E-state index contributed by atoms with van der Waals surface area (Å²) in [5.74, 6) is 7.07. The van der Waals surface area contributed by atoms with E-state index < -0.39 is 17.3 Å². The summed E-state index contributed by atoms with van der Waals surface area (Å²) in [6.07, 6.45) is 0.489. The van der Waals surface area contributed by atoms with Gasteiger partial charge in [0, 0.05) is 13.2 Å². The van der Waals surface area contributed by atoms with Gasteiger partial charge in [-0.05, 0) is 73.1 Å². The number of hydrazine groups is 1. The monoisotopic (exact) mass is 559 g/mol. The van der Waals surface area contributed by atoms with Crippen LogP contribution in [0, 0.1) is 0 Å². The van der Waals surface area contributed by atoms with Crippen LogP contribution in [0.4, 0.5) is 4.79 Å². The molecule has 0 aliphatic carbocycles. The predicted molar refractivity (Wildman–Crippen MR) is 144 cm³/mol. The zero-order chi connectivity index (χ0) is 29.4. The van der Waals surface area contributed by atoms with E-state index in [-0.39, 0.29) is 43.0 Å². The van der Waals surface area contributed by atoms with E-state index in [1.54, 1.807) is 45.0 Å². The normalized spacial score (nSPS) is 12.2. The molecule has 9 N–H and O–H groups in total. The minimum atomic E-state index is -0.682. The Morgan fingerprint density at radius 3 is 1.85 bits per heavy atom. The number of imide groups is 1. The van der Waals surface area contributed by atoms with Crippen molar-refractivity contribution in [1.82, 2.24) is 10.4 Å². The van der Waals surface area contributed by atoms with Crippen LogP contribution in [0.5, 0.6) is 0 Å². The summed E-state index contributed by atoms with van der Waals surface area (Å²) in [5.41, 5.74) is 7.21. The predicted octanol–water partition coefficient (Wildman–Crippen LogP) is 0.817. The molecule has 0 spiro atoms. The summed E-state index contributed by atoms with van der Waals surface area (Å²) in [6.45, 7) is 12.2. The molecule has 0 unspecified atom stereocenters. The van der Waals surface area contributed by atoms with Gasteiger partial charge in [-0.3, -0.25) is 31.0 Å². The highest BCUT2D eigenvalue weighted by atomic mass is 16.7. The quantitative estimate of drug-likeness (QED) is 0.103. The molecular formula is C25H45N5O9. The molecular weight excluding hydrogens is 514 g/mol. The Balaban J connectivity index is 0. The van der Waals surface area contributed by atoms with Crippen LogP contribution in [0.1, 0.15) is 75.1 Å². The molecule has 1 aliphatic heterocycles. The van der Waals surface area contributed by atoms with Gasteiger partial charge in [-0.15, -0.1) is 0 Å². The number of nitrogens with one attached hydrogen (secondary N) is 1. The first-order chi connectivity index (χ1) is 17.7. The Labute approximate surface area is 229 Å². The lowest BCUT2D eigenvalue weighted by molar-refractivity contribution is -0.160. The average Bonchev–Trinajstić information content (AvgIpc) is 3.06. The summed E-state index contributed by atoms with van der Waals surface area (Å²) in [6, 6.07) is 6.72. The van der Waals surface area contributed by atoms with Crippen LogP contribution < -0.4 is 22.9 Å². The van der Waals surface area contributed by atoms with Crippen LogP contribution in [-0.2, 0) is 23.8 Å². The lowest BCUT2D eigenvalue weighted by atomic mass is 10.1. The largest absolute Gasteiger partial charge is 0.458 e. The van der Waals surface area contributed by atoms with Gasteiger partial charge in [-0.25, -0.2) is 9.59 Å². The van der Waals surface area contributed by atoms with Crippen molar-refractivity contribution in [2.75, 3.05) is 32.9 Å². The number of hydroxylamine groups is 1. The van der Waals surface area contributed by atoms with Gasteiger partial charge in [0.25, 0.3) is 11.8 Å². The SMILES string of the molecule is CC(C)(C)OC(=O)COCCCN.CC(C)(C)OC(=O)NOCCCN1C(=O)c2ccccc2C1=O.NN.O. The number of carbonyl (C=O) groups is 4. The first-order valence-corrected chi connectivity index (χ1v) is 12.1. The lowest BCUT2D eigenvalue weighted by Gasteiger charge is -2.19. The Morgan fingerprint density at radius 2 is 1.38 bits per heavy atom. The maximum Gasteiger partial charge on any atom is 0.431 e. The Bertz CT molecular complexity index is 864. The van der Waals surface area contributed by atoms with Crippen LogP contribution in [0.15, 0.2) is 24.3 Å². The fourth-order valence-corrected chi connectivity index (χ4v) is 2.86. The second kappa shape index (κ2) is 19.0. The minimum Gasteiger partial charge on any atom is -0.458 e. The molecule has 1 heterocycles. The Morgan fingerprint density at radius 1 is 0.872 bits per heavy atom. The van der Waals surface area contributed by atoms with Crippen LogP contribution in [0.3, 0.4) is 0 Å². The Kier molecular flexibility index (Phi) is 18.5. The standard InChI is InChI=1S/C16H20N2O5.C9H19NO3.H4N2.H2O/c1-16(2,3)23-15(21)17-22-10-6-9-18-13(19)11-7-4-5-8-12(11)14(18)20;1-9(2,3)13-8(11)7-12-6-4-5-10;1-2;/h4-5,7-8H,6,9-10H2,1-3H3,(H,17,21);4-7,10H2,1-3H3;1-2H2;1H2. The van der Waals surface area contributed by atoms with E-state index in [4.69, 9.17) is 24.8 Å². The zero-order valence-electron chi connectivity index (χ0n) is 23.7. The van der Waals surface area contributed by atoms with E-state index in [1.165, 1.54) is 4.90 Å². The van der Waals surface area contributed by atoms with Crippen molar-refractivity contribution < 1.29 is 43.7 Å². The van der Waals surface area contributed by atoms with Crippen molar-refractivity contribution >= 4 is 23.9 Å². The average molecular weight is 560 g/mol. The zero-order valence-corrected chi connectivity index (χ0v) is 23.7. The summed E-state index contributed by atoms with van der Waals surface area (Å²) >= 11 is 0. The third kappa shape index (κ3) is 16.4. The molecule has 14 nitrogen and oxygen atoms in total. The second-order valence-corrected chi connectivity index (χ2v) is 9.89. The van der Waals surface area contributed by atoms with Gasteiger partial charge in [0.05, 0.1) is 17.7 Å². The van der Waals surface area contributed by atoms with Crippen molar-refractivity contribution in [2.24, 2.45) is 17.4 Å². The molecule has 224 valence electrons. The second-order valence-electron chi connectivity index (χ2n) is 9.89. The van der Waals surface area contributed by atoms with Crippen LogP contribution in [0.2, 0.25) is 0 Å². The number of hydrogen-bond donors (Lipinski definition) is 4. The first-order valence-electron chi connectivity index (χ1n) is 12.1. The lowest BCUT2D eigenvalue weighted by Crippen LogP contribution is -2.34. The molecule has 39 heavy (non-hydrogen) atoms. The highest BCUT2D eigenvalue weighted by molar-refractivity contribution is 6.21. The molecule has 2 rings (SSSR count).